The summed E-state index contributed by atoms with van der Waals surface area (Å²) in [7, 11) is 0. The third-order valence-corrected chi connectivity index (χ3v) is 3.74. The number of alkyl halides is 1. The first kappa shape index (κ1) is 12.5. The van der Waals surface area contributed by atoms with Crippen molar-refractivity contribution in [1.82, 2.24) is 0 Å². The van der Waals surface area contributed by atoms with Crippen LogP contribution in [-0.4, -0.2) is 11.7 Å². The molecular weight excluding hydrogens is 231 g/mol. The van der Waals surface area contributed by atoms with Crippen molar-refractivity contribution < 1.29 is 4.79 Å². The Labute approximate surface area is 100 Å². The number of ketones is 1. The molecule has 0 radical (unpaired) electrons. The Balaban J connectivity index is 3.60. The summed E-state index contributed by atoms with van der Waals surface area (Å²) < 4.78 is 0. The molecule has 0 aromatic heterocycles. The van der Waals surface area contributed by atoms with Crippen LogP contribution in [0.5, 0.6) is 0 Å². The highest BCUT2D eigenvalue weighted by molar-refractivity contribution is 6.33. The van der Waals surface area contributed by atoms with E-state index in [-0.39, 0.29) is 11.7 Å². The number of hydrogen-bond donors (Lipinski definition) is 0. The lowest BCUT2D eigenvalue weighted by Gasteiger charge is -2.15. The Morgan fingerprint density at radius 1 is 1.00 bits per heavy atom. The minimum absolute atomic E-state index is 0.0161. The van der Waals surface area contributed by atoms with E-state index in [0.717, 1.165) is 32.8 Å². The molecule has 0 aliphatic carbocycles. The Hall–Kier alpha value is -0.530. The predicted molar refractivity (Wildman–Crippen MR) is 65.5 cm³/mol. The second-order valence-electron chi connectivity index (χ2n) is 3.75. The van der Waals surface area contributed by atoms with Crippen molar-refractivity contribution in [3.8, 4) is 0 Å². The zero-order valence-electron chi connectivity index (χ0n) is 9.37. The maximum atomic E-state index is 11.7. The average molecular weight is 245 g/mol. The molecule has 0 saturated heterocycles. The van der Waals surface area contributed by atoms with Gasteiger partial charge in [-0.15, -0.1) is 11.6 Å². The Kier molecular flexibility index (Phi) is 3.80. The molecule has 0 amide bonds. The number of rotatable bonds is 2. The Morgan fingerprint density at radius 2 is 1.40 bits per heavy atom. The molecule has 0 aliphatic heterocycles. The molecular formula is C12H14Cl2O. The van der Waals surface area contributed by atoms with Crippen molar-refractivity contribution in [2.75, 3.05) is 5.88 Å². The lowest BCUT2D eigenvalue weighted by atomic mass is 9.92. The monoisotopic (exact) mass is 244 g/mol. The molecule has 1 nitrogen and oxygen atoms in total. The molecule has 0 saturated carbocycles. The first-order valence-corrected chi connectivity index (χ1v) is 5.68. The highest BCUT2D eigenvalue weighted by Crippen LogP contribution is 2.30. The SMILES string of the molecule is Cc1c(C)c(C(=O)CCl)c(C)c(C)c1Cl. The van der Waals surface area contributed by atoms with Gasteiger partial charge in [-0.3, -0.25) is 4.79 Å². The number of halogens is 2. The average Bonchev–Trinajstić information content (AvgIpc) is 2.23. The topological polar surface area (TPSA) is 17.1 Å². The zero-order valence-corrected chi connectivity index (χ0v) is 10.9. The van der Waals surface area contributed by atoms with Gasteiger partial charge in [0.25, 0.3) is 0 Å². The van der Waals surface area contributed by atoms with Crippen molar-refractivity contribution in [2.45, 2.75) is 27.7 Å². The molecule has 0 unspecified atom stereocenters. The largest absolute Gasteiger partial charge is 0.293 e. The minimum atomic E-state index is -0.0328. The maximum Gasteiger partial charge on any atom is 0.178 e. The maximum absolute atomic E-state index is 11.7. The Morgan fingerprint density at radius 3 is 1.73 bits per heavy atom. The molecule has 82 valence electrons. The summed E-state index contributed by atoms with van der Waals surface area (Å²) in [5.74, 6) is -0.0168. The van der Waals surface area contributed by atoms with Crippen molar-refractivity contribution in [2.24, 2.45) is 0 Å². The summed E-state index contributed by atoms with van der Waals surface area (Å²) in [6.45, 7) is 7.67. The molecule has 0 atom stereocenters. The molecule has 1 rings (SSSR count). The molecule has 1 aromatic rings. The molecule has 0 heterocycles. The number of Topliss-reactive ketones (excluding diaryl/α,β-unsaturated/α-hetero) is 1. The van der Waals surface area contributed by atoms with Crippen molar-refractivity contribution >= 4 is 29.0 Å². The molecule has 3 heteroatoms. The predicted octanol–water partition coefficient (Wildman–Crippen LogP) is 4.00. The summed E-state index contributed by atoms with van der Waals surface area (Å²) in [6, 6.07) is 0. The summed E-state index contributed by atoms with van der Waals surface area (Å²) in [5, 5.41) is 0.746. The van der Waals surface area contributed by atoms with Gasteiger partial charge in [0, 0.05) is 10.6 Å². The van der Waals surface area contributed by atoms with Crippen LogP contribution < -0.4 is 0 Å². The van der Waals surface area contributed by atoms with Crippen LogP contribution >= 0.6 is 23.2 Å². The third kappa shape index (κ3) is 2.04. The van der Waals surface area contributed by atoms with Crippen molar-refractivity contribution in [1.29, 1.82) is 0 Å². The Bertz CT molecular complexity index is 393. The third-order valence-electron chi connectivity index (χ3n) is 2.93. The van der Waals surface area contributed by atoms with Gasteiger partial charge in [-0.25, -0.2) is 0 Å². The summed E-state index contributed by atoms with van der Waals surface area (Å²) in [4.78, 5) is 11.7. The van der Waals surface area contributed by atoms with E-state index in [1.165, 1.54) is 0 Å². The van der Waals surface area contributed by atoms with E-state index in [9.17, 15) is 4.79 Å². The van der Waals surface area contributed by atoms with E-state index >= 15 is 0 Å². The number of carbonyl (C=O) groups excluding carboxylic acids is 1. The summed E-state index contributed by atoms with van der Waals surface area (Å²) in [5.41, 5.74) is 4.54. The molecule has 1 aromatic carbocycles. The number of hydrogen-bond acceptors (Lipinski definition) is 1. The van der Waals surface area contributed by atoms with Crippen LogP contribution in [0.3, 0.4) is 0 Å². The van der Waals surface area contributed by atoms with E-state index in [4.69, 9.17) is 23.2 Å². The van der Waals surface area contributed by atoms with Gasteiger partial charge in [-0.2, -0.15) is 0 Å². The fourth-order valence-electron chi connectivity index (χ4n) is 1.75. The molecule has 0 aliphatic rings. The van der Waals surface area contributed by atoms with Gasteiger partial charge in [-0.05, 0) is 49.9 Å². The standard InChI is InChI=1S/C12H14Cl2O/c1-6-8(3)12(14)9(4)7(2)11(6)10(15)5-13/h5H2,1-4H3. The summed E-state index contributed by atoms with van der Waals surface area (Å²) >= 11 is 11.8. The molecule has 15 heavy (non-hydrogen) atoms. The zero-order chi connectivity index (χ0) is 11.7. The first-order valence-electron chi connectivity index (χ1n) is 4.76. The molecule has 0 bridgehead atoms. The van der Waals surface area contributed by atoms with Gasteiger partial charge >= 0.3 is 0 Å². The summed E-state index contributed by atoms with van der Waals surface area (Å²) in [6.07, 6.45) is 0. The van der Waals surface area contributed by atoms with Crippen LogP contribution in [0.15, 0.2) is 0 Å². The van der Waals surface area contributed by atoms with Gasteiger partial charge in [0.05, 0.1) is 5.88 Å². The lowest BCUT2D eigenvalue weighted by Crippen LogP contribution is -2.09. The highest BCUT2D eigenvalue weighted by atomic mass is 35.5. The van der Waals surface area contributed by atoms with Gasteiger partial charge in [0.15, 0.2) is 5.78 Å². The quantitative estimate of drug-likeness (QED) is 0.568. The fraction of sp³-hybridized carbons (Fsp3) is 0.417. The smallest absolute Gasteiger partial charge is 0.178 e. The minimum Gasteiger partial charge on any atom is -0.293 e. The molecule has 0 N–H and O–H groups in total. The van der Waals surface area contributed by atoms with Gasteiger partial charge < -0.3 is 0 Å². The van der Waals surface area contributed by atoms with Crippen molar-refractivity contribution in [3.05, 3.63) is 32.8 Å². The van der Waals surface area contributed by atoms with Crippen LogP contribution in [-0.2, 0) is 0 Å². The van der Waals surface area contributed by atoms with Crippen LogP contribution in [0.25, 0.3) is 0 Å². The van der Waals surface area contributed by atoms with Crippen molar-refractivity contribution in [3.63, 3.8) is 0 Å². The normalized spacial score (nSPS) is 10.5. The lowest BCUT2D eigenvalue weighted by molar-refractivity contribution is 0.101. The second-order valence-corrected chi connectivity index (χ2v) is 4.39. The van der Waals surface area contributed by atoms with Gasteiger partial charge in [0.2, 0.25) is 0 Å². The fourth-order valence-corrected chi connectivity index (χ4v) is 2.17. The van der Waals surface area contributed by atoms with E-state index in [2.05, 4.69) is 0 Å². The van der Waals surface area contributed by atoms with E-state index in [1.807, 2.05) is 27.7 Å². The second kappa shape index (κ2) is 4.54. The van der Waals surface area contributed by atoms with E-state index < -0.39 is 0 Å². The van der Waals surface area contributed by atoms with Crippen LogP contribution in [0.1, 0.15) is 32.6 Å². The van der Waals surface area contributed by atoms with Gasteiger partial charge in [-0.1, -0.05) is 11.6 Å². The number of benzene rings is 1. The first-order chi connectivity index (χ1) is 6.91. The highest BCUT2D eigenvalue weighted by Gasteiger charge is 2.17. The van der Waals surface area contributed by atoms with Crippen LogP contribution in [0.2, 0.25) is 5.02 Å². The van der Waals surface area contributed by atoms with E-state index in [1.54, 1.807) is 0 Å². The molecule has 0 spiro atoms. The van der Waals surface area contributed by atoms with Gasteiger partial charge in [0.1, 0.15) is 0 Å². The van der Waals surface area contributed by atoms with Crippen LogP contribution in [0.4, 0.5) is 0 Å². The number of carbonyl (C=O) groups is 1. The molecule has 0 fully saturated rings. The van der Waals surface area contributed by atoms with Crippen LogP contribution in [0, 0.1) is 27.7 Å². The van der Waals surface area contributed by atoms with E-state index in [0.29, 0.717) is 0 Å².